The van der Waals surface area contributed by atoms with Gasteiger partial charge in [0.2, 0.25) is 0 Å². The van der Waals surface area contributed by atoms with Crippen molar-refractivity contribution in [2.24, 2.45) is 0 Å². The van der Waals surface area contributed by atoms with Crippen LogP contribution >= 0.6 is 0 Å². The van der Waals surface area contributed by atoms with Crippen molar-refractivity contribution in [3.8, 4) is 16.8 Å². The van der Waals surface area contributed by atoms with Crippen LogP contribution in [0.2, 0.25) is 0 Å². The molecule has 0 radical (unpaired) electrons. The lowest BCUT2D eigenvalue weighted by Gasteiger charge is -2.07. The highest BCUT2D eigenvalue weighted by atomic mass is 32.2. The predicted molar refractivity (Wildman–Crippen MR) is 98.5 cm³/mol. The third kappa shape index (κ3) is 3.15. The Balaban J connectivity index is 1.77. The first-order chi connectivity index (χ1) is 12.9. The van der Waals surface area contributed by atoms with E-state index in [1.807, 2.05) is 37.4 Å². The van der Waals surface area contributed by atoms with Gasteiger partial charge in [0, 0.05) is 18.0 Å². The maximum atomic E-state index is 13.9. The molecular formula is C19H15FN4O2S. The number of aromatic nitrogens is 4. The third-order valence-corrected chi connectivity index (χ3v) is 5.66. The molecule has 0 N–H and O–H groups in total. The smallest absolute Gasteiger partial charge is 0.241 e. The maximum Gasteiger partial charge on any atom is 0.285 e. The highest BCUT2D eigenvalue weighted by Gasteiger charge is 2.22. The van der Waals surface area contributed by atoms with Gasteiger partial charge in [-0.15, -0.1) is 0 Å². The van der Waals surface area contributed by atoms with Crippen molar-refractivity contribution in [3.63, 3.8) is 0 Å². The van der Waals surface area contributed by atoms with Crippen LogP contribution in [0.5, 0.6) is 0 Å². The first-order valence-corrected chi connectivity index (χ1v) is 9.56. The summed E-state index contributed by atoms with van der Waals surface area (Å²) in [6, 6.07) is 12.8. The molecule has 0 unspecified atom stereocenters. The minimum atomic E-state index is -4.11. The zero-order valence-corrected chi connectivity index (χ0v) is 15.1. The summed E-state index contributed by atoms with van der Waals surface area (Å²) < 4.78 is 41.8. The van der Waals surface area contributed by atoms with E-state index in [0.29, 0.717) is 5.56 Å². The molecule has 8 heteroatoms. The molecule has 6 nitrogen and oxygen atoms in total. The van der Waals surface area contributed by atoms with Crippen LogP contribution in [-0.4, -0.2) is 27.4 Å². The van der Waals surface area contributed by atoms with Crippen LogP contribution in [0, 0.1) is 12.7 Å². The van der Waals surface area contributed by atoms with Gasteiger partial charge >= 0.3 is 0 Å². The zero-order valence-electron chi connectivity index (χ0n) is 14.3. The molecule has 0 aliphatic rings. The Morgan fingerprint density at radius 2 is 1.81 bits per heavy atom. The normalized spacial score (nSPS) is 11.6. The van der Waals surface area contributed by atoms with Crippen molar-refractivity contribution < 1.29 is 12.8 Å². The van der Waals surface area contributed by atoms with Gasteiger partial charge in [-0.25, -0.2) is 9.07 Å². The molecule has 0 atom stereocenters. The molecule has 4 aromatic rings. The van der Waals surface area contributed by atoms with Crippen molar-refractivity contribution in [1.82, 2.24) is 19.0 Å². The number of benzene rings is 2. The van der Waals surface area contributed by atoms with Gasteiger partial charge in [-0.1, -0.05) is 18.2 Å². The summed E-state index contributed by atoms with van der Waals surface area (Å²) in [6.45, 7) is 1.94. The van der Waals surface area contributed by atoms with Gasteiger partial charge in [-0.05, 0) is 48.4 Å². The second kappa shape index (κ2) is 6.48. The Hall–Kier alpha value is -3.26. The van der Waals surface area contributed by atoms with E-state index in [4.69, 9.17) is 0 Å². The number of hydrogen-bond acceptors (Lipinski definition) is 4. The number of hydrogen-bond donors (Lipinski definition) is 0. The summed E-state index contributed by atoms with van der Waals surface area (Å²) in [5.74, 6) is -0.814. The van der Waals surface area contributed by atoms with Crippen LogP contribution < -0.4 is 0 Å². The number of aryl methyl sites for hydroxylation is 1. The molecule has 0 aliphatic heterocycles. The van der Waals surface area contributed by atoms with Crippen LogP contribution in [0.3, 0.4) is 0 Å². The lowest BCUT2D eigenvalue weighted by Crippen LogP contribution is -2.14. The highest BCUT2D eigenvalue weighted by Crippen LogP contribution is 2.25. The number of rotatable bonds is 4. The van der Waals surface area contributed by atoms with Crippen molar-refractivity contribution in [2.45, 2.75) is 11.8 Å². The average molecular weight is 382 g/mol. The van der Waals surface area contributed by atoms with E-state index in [0.717, 1.165) is 27.0 Å². The summed E-state index contributed by atoms with van der Waals surface area (Å²) in [4.78, 5) is -0.416. The SMILES string of the molecule is Cc1cc(-c2cnn(S(=O)(=O)c3ccccc3F)c2)cc(-n2cccn2)c1. The van der Waals surface area contributed by atoms with Crippen molar-refractivity contribution in [2.75, 3.05) is 0 Å². The van der Waals surface area contributed by atoms with E-state index < -0.39 is 20.7 Å². The summed E-state index contributed by atoms with van der Waals surface area (Å²) in [5.41, 5.74) is 3.23. The van der Waals surface area contributed by atoms with Crippen molar-refractivity contribution in [3.05, 3.63) is 84.7 Å². The molecule has 0 fully saturated rings. The number of nitrogens with zero attached hydrogens (tertiary/aromatic N) is 4. The van der Waals surface area contributed by atoms with Gasteiger partial charge in [0.25, 0.3) is 10.0 Å². The highest BCUT2D eigenvalue weighted by molar-refractivity contribution is 7.89. The zero-order chi connectivity index (χ0) is 19.0. The largest absolute Gasteiger partial charge is 0.285 e. The van der Waals surface area contributed by atoms with Crippen molar-refractivity contribution >= 4 is 10.0 Å². The molecule has 0 bridgehead atoms. The standard InChI is InChI=1S/C19H15FN4O2S/c1-14-9-15(11-17(10-14)23-8-4-7-21-23)16-12-22-24(13-16)27(25,26)19-6-3-2-5-18(19)20/h2-13H,1H3. The second-order valence-electron chi connectivity index (χ2n) is 6.04. The van der Waals surface area contributed by atoms with Crippen LogP contribution in [-0.2, 0) is 10.0 Å². The van der Waals surface area contributed by atoms with Gasteiger partial charge in [0.15, 0.2) is 0 Å². The molecule has 2 heterocycles. The fourth-order valence-electron chi connectivity index (χ4n) is 2.82. The van der Waals surface area contributed by atoms with Gasteiger partial charge in [0.1, 0.15) is 10.7 Å². The summed E-state index contributed by atoms with van der Waals surface area (Å²) in [5, 5.41) is 8.16. The summed E-state index contributed by atoms with van der Waals surface area (Å²) in [7, 11) is -4.11. The van der Waals surface area contributed by atoms with Crippen LogP contribution in [0.25, 0.3) is 16.8 Å². The van der Waals surface area contributed by atoms with Gasteiger partial charge in [0.05, 0.1) is 18.1 Å². The molecular weight excluding hydrogens is 367 g/mol. The van der Waals surface area contributed by atoms with E-state index in [-0.39, 0.29) is 0 Å². The third-order valence-electron chi connectivity index (χ3n) is 4.09. The minimum Gasteiger partial charge on any atom is -0.241 e. The van der Waals surface area contributed by atoms with Gasteiger partial charge < -0.3 is 0 Å². The van der Waals surface area contributed by atoms with E-state index in [1.165, 1.54) is 30.6 Å². The molecule has 136 valence electrons. The fraction of sp³-hybridized carbons (Fsp3) is 0.0526. The molecule has 27 heavy (non-hydrogen) atoms. The first-order valence-electron chi connectivity index (χ1n) is 8.12. The molecule has 2 aromatic heterocycles. The minimum absolute atomic E-state index is 0.416. The Kier molecular flexibility index (Phi) is 4.12. The summed E-state index contributed by atoms with van der Waals surface area (Å²) in [6.07, 6.45) is 6.33. The van der Waals surface area contributed by atoms with E-state index >= 15 is 0 Å². The molecule has 0 amide bonds. The van der Waals surface area contributed by atoms with E-state index in [1.54, 1.807) is 10.9 Å². The summed E-state index contributed by atoms with van der Waals surface area (Å²) >= 11 is 0. The molecule has 0 saturated carbocycles. The Bertz CT molecular complexity index is 1210. The van der Waals surface area contributed by atoms with E-state index in [9.17, 15) is 12.8 Å². The lowest BCUT2D eigenvalue weighted by molar-refractivity contribution is 0.556. The predicted octanol–water partition coefficient (Wildman–Crippen LogP) is 3.42. The van der Waals surface area contributed by atoms with Crippen LogP contribution in [0.4, 0.5) is 4.39 Å². The first kappa shape index (κ1) is 17.2. The lowest BCUT2D eigenvalue weighted by atomic mass is 10.1. The van der Waals surface area contributed by atoms with Gasteiger partial charge in [-0.2, -0.15) is 22.7 Å². The average Bonchev–Trinajstić information content (AvgIpc) is 3.34. The molecule has 4 rings (SSSR count). The monoisotopic (exact) mass is 382 g/mol. The topological polar surface area (TPSA) is 69.8 Å². The molecule has 0 aliphatic carbocycles. The Morgan fingerprint density at radius 1 is 1.00 bits per heavy atom. The molecule has 2 aromatic carbocycles. The van der Waals surface area contributed by atoms with E-state index in [2.05, 4.69) is 10.2 Å². The quantitative estimate of drug-likeness (QED) is 0.542. The second-order valence-corrected chi connectivity index (χ2v) is 7.81. The van der Waals surface area contributed by atoms with Crippen LogP contribution in [0.1, 0.15) is 5.56 Å². The number of halogens is 1. The molecule has 0 spiro atoms. The van der Waals surface area contributed by atoms with Gasteiger partial charge in [-0.3, -0.25) is 0 Å². The molecule has 0 saturated heterocycles. The Labute approximate surface area is 155 Å². The van der Waals surface area contributed by atoms with Crippen molar-refractivity contribution in [1.29, 1.82) is 0 Å². The van der Waals surface area contributed by atoms with Crippen LogP contribution in [0.15, 0.2) is 78.2 Å². The fourth-order valence-corrected chi connectivity index (χ4v) is 4.01. The maximum absolute atomic E-state index is 13.9. The Morgan fingerprint density at radius 3 is 2.56 bits per heavy atom.